The van der Waals surface area contributed by atoms with Crippen molar-refractivity contribution in [1.29, 1.82) is 0 Å². The molecule has 0 aliphatic rings. The summed E-state index contributed by atoms with van der Waals surface area (Å²) in [6.45, 7) is 3.37. The average molecular weight is 407 g/mol. The van der Waals surface area contributed by atoms with E-state index in [0.29, 0.717) is 11.4 Å². The van der Waals surface area contributed by atoms with Gasteiger partial charge in [0.1, 0.15) is 11.5 Å². The molecule has 0 fully saturated rings. The first-order valence-corrected chi connectivity index (χ1v) is 9.75. The molecule has 2 amide bonds. The summed E-state index contributed by atoms with van der Waals surface area (Å²) in [6.07, 6.45) is 0. The predicted molar refractivity (Wildman–Crippen MR) is 103 cm³/mol. The van der Waals surface area contributed by atoms with Crippen LogP contribution in [0.15, 0.2) is 47.4 Å². The van der Waals surface area contributed by atoms with Gasteiger partial charge in [-0.1, -0.05) is 0 Å². The van der Waals surface area contributed by atoms with Crippen LogP contribution in [-0.2, 0) is 14.8 Å². The Kier molecular flexibility index (Phi) is 6.96. The molecule has 2 rings (SSSR count). The fourth-order valence-electron chi connectivity index (χ4n) is 2.26. The fraction of sp³-hybridized carbons (Fsp3) is 0.222. The van der Waals surface area contributed by atoms with Crippen molar-refractivity contribution in [1.82, 2.24) is 10.3 Å². The van der Waals surface area contributed by atoms with Crippen LogP contribution in [0.3, 0.4) is 0 Å². The molecule has 10 heteroatoms. The highest BCUT2D eigenvalue weighted by atomic mass is 32.2. The van der Waals surface area contributed by atoms with E-state index in [1.165, 1.54) is 56.5 Å². The van der Waals surface area contributed by atoms with E-state index in [1.54, 1.807) is 6.92 Å². The zero-order valence-electron chi connectivity index (χ0n) is 15.6. The van der Waals surface area contributed by atoms with Crippen LogP contribution in [0.5, 0.6) is 11.5 Å². The van der Waals surface area contributed by atoms with Gasteiger partial charge in [-0.05, 0) is 43.3 Å². The van der Waals surface area contributed by atoms with Gasteiger partial charge in [0.15, 0.2) is 0 Å². The first-order chi connectivity index (χ1) is 13.3. The molecule has 0 saturated carbocycles. The molecule has 0 saturated heterocycles. The maximum atomic E-state index is 12.4. The molecule has 0 atom stereocenters. The van der Waals surface area contributed by atoms with E-state index < -0.39 is 15.9 Å². The van der Waals surface area contributed by atoms with Crippen LogP contribution in [-0.4, -0.2) is 33.9 Å². The molecule has 0 radical (unpaired) electrons. The van der Waals surface area contributed by atoms with Gasteiger partial charge >= 0.3 is 0 Å². The van der Waals surface area contributed by atoms with E-state index >= 15 is 0 Å². The van der Waals surface area contributed by atoms with Crippen LogP contribution >= 0.6 is 0 Å². The van der Waals surface area contributed by atoms with E-state index in [-0.39, 0.29) is 28.7 Å². The van der Waals surface area contributed by atoms with Gasteiger partial charge in [0.2, 0.25) is 5.91 Å². The number of methoxy groups -OCH3 is 1. The number of ether oxygens (including phenoxy) is 2. The van der Waals surface area contributed by atoms with Crippen molar-refractivity contribution in [3.05, 3.63) is 48.0 Å². The maximum Gasteiger partial charge on any atom is 0.270 e. The van der Waals surface area contributed by atoms with Gasteiger partial charge < -0.3 is 14.8 Å². The zero-order valence-corrected chi connectivity index (χ0v) is 16.4. The van der Waals surface area contributed by atoms with Gasteiger partial charge in [0, 0.05) is 18.7 Å². The Morgan fingerprint density at radius 1 is 1.07 bits per heavy atom. The van der Waals surface area contributed by atoms with Crippen LogP contribution in [0, 0.1) is 0 Å². The quantitative estimate of drug-likeness (QED) is 0.572. The second-order valence-corrected chi connectivity index (χ2v) is 7.24. The van der Waals surface area contributed by atoms with Crippen molar-refractivity contribution in [2.24, 2.45) is 0 Å². The van der Waals surface area contributed by atoms with Gasteiger partial charge in [-0.3, -0.25) is 15.0 Å². The standard InChI is InChI=1S/C18H21N3O6S/c1-4-27-17-11-13(19-12(2)22)5-10-16(17)18(23)20-21-28(24,25)15-8-6-14(26-3)7-9-15/h5-11,21H,4H2,1-3H3,(H,19,22)(H,20,23). The van der Waals surface area contributed by atoms with Crippen LogP contribution in [0.2, 0.25) is 0 Å². The third-order valence-corrected chi connectivity index (χ3v) is 4.78. The minimum atomic E-state index is -3.97. The van der Waals surface area contributed by atoms with Crippen LogP contribution in [0.4, 0.5) is 5.69 Å². The molecule has 0 aliphatic heterocycles. The molecule has 2 aromatic carbocycles. The van der Waals surface area contributed by atoms with Crippen LogP contribution < -0.4 is 25.0 Å². The lowest BCUT2D eigenvalue weighted by molar-refractivity contribution is -0.114. The van der Waals surface area contributed by atoms with Crippen molar-refractivity contribution in [3.63, 3.8) is 0 Å². The van der Waals surface area contributed by atoms with E-state index in [9.17, 15) is 18.0 Å². The number of anilines is 1. The number of rotatable bonds is 8. The molecule has 2 aromatic rings. The van der Waals surface area contributed by atoms with Crippen LogP contribution in [0.1, 0.15) is 24.2 Å². The van der Waals surface area contributed by atoms with E-state index in [1.807, 2.05) is 4.83 Å². The first-order valence-electron chi connectivity index (χ1n) is 8.27. The Morgan fingerprint density at radius 3 is 2.32 bits per heavy atom. The molecule has 150 valence electrons. The lowest BCUT2D eigenvalue weighted by Gasteiger charge is -2.13. The Balaban J connectivity index is 2.15. The van der Waals surface area contributed by atoms with Crippen LogP contribution in [0.25, 0.3) is 0 Å². The second kappa shape index (κ2) is 9.20. The van der Waals surface area contributed by atoms with E-state index in [2.05, 4.69) is 10.7 Å². The smallest absolute Gasteiger partial charge is 0.270 e. The minimum Gasteiger partial charge on any atom is -0.497 e. The summed E-state index contributed by atoms with van der Waals surface area (Å²) in [4.78, 5) is 25.6. The van der Waals surface area contributed by atoms with Gasteiger partial charge in [0.05, 0.1) is 24.2 Å². The molecule has 28 heavy (non-hydrogen) atoms. The second-order valence-electron chi connectivity index (χ2n) is 5.56. The number of carbonyl (C=O) groups is 2. The van der Waals surface area contributed by atoms with Gasteiger partial charge in [0.25, 0.3) is 15.9 Å². The fourth-order valence-corrected chi connectivity index (χ4v) is 3.10. The Hall–Kier alpha value is -3.11. The number of hydrazine groups is 1. The number of hydrogen-bond acceptors (Lipinski definition) is 6. The molecular formula is C18H21N3O6S. The molecule has 3 N–H and O–H groups in total. The molecule has 0 aromatic heterocycles. The number of nitrogens with one attached hydrogen (secondary N) is 3. The number of benzene rings is 2. The summed E-state index contributed by atoms with van der Waals surface area (Å²) in [5.74, 6) is -0.277. The number of sulfonamides is 1. The summed E-state index contributed by atoms with van der Waals surface area (Å²) in [6, 6.07) is 10.1. The molecule has 0 aliphatic carbocycles. The molecule has 9 nitrogen and oxygen atoms in total. The Labute approximate surface area is 163 Å². The van der Waals surface area contributed by atoms with E-state index in [0.717, 1.165) is 0 Å². The van der Waals surface area contributed by atoms with Crippen molar-refractivity contribution in [3.8, 4) is 11.5 Å². The number of hydrogen-bond donors (Lipinski definition) is 3. The SMILES string of the molecule is CCOc1cc(NC(C)=O)ccc1C(=O)NNS(=O)(=O)c1ccc(OC)cc1. The van der Waals surface area contributed by atoms with Gasteiger partial charge in [-0.2, -0.15) is 0 Å². The van der Waals surface area contributed by atoms with Crippen molar-refractivity contribution < 1.29 is 27.5 Å². The molecule has 0 heterocycles. The summed E-state index contributed by atoms with van der Waals surface area (Å²) < 4.78 is 35.0. The van der Waals surface area contributed by atoms with Crippen molar-refractivity contribution in [2.45, 2.75) is 18.7 Å². The Bertz CT molecular complexity index is 958. The highest BCUT2D eigenvalue weighted by Gasteiger charge is 2.18. The highest BCUT2D eigenvalue weighted by Crippen LogP contribution is 2.24. The predicted octanol–water partition coefficient (Wildman–Crippen LogP) is 1.68. The zero-order chi connectivity index (χ0) is 20.7. The van der Waals surface area contributed by atoms with Crippen molar-refractivity contribution >= 4 is 27.5 Å². The third-order valence-electron chi connectivity index (χ3n) is 3.52. The van der Waals surface area contributed by atoms with E-state index in [4.69, 9.17) is 9.47 Å². The summed E-state index contributed by atoms with van der Waals surface area (Å²) >= 11 is 0. The third kappa shape index (κ3) is 5.44. The highest BCUT2D eigenvalue weighted by molar-refractivity contribution is 7.89. The van der Waals surface area contributed by atoms with Crippen molar-refractivity contribution in [2.75, 3.05) is 19.0 Å². The lowest BCUT2D eigenvalue weighted by atomic mass is 10.1. The maximum absolute atomic E-state index is 12.4. The minimum absolute atomic E-state index is 0.0420. The number of amides is 2. The van der Waals surface area contributed by atoms with Gasteiger partial charge in [-0.25, -0.2) is 8.42 Å². The molecular weight excluding hydrogens is 386 g/mol. The number of carbonyl (C=O) groups excluding carboxylic acids is 2. The summed E-state index contributed by atoms with van der Waals surface area (Å²) in [7, 11) is -2.51. The molecule has 0 unspecified atom stereocenters. The largest absolute Gasteiger partial charge is 0.497 e. The molecule has 0 bridgehead atoms. The first kappa shape index (κ1) is 21.2. The molecule has 0 spiro atoms. The summed E-state index contributed by atoms with van der Waals surface area (Å²) in [5.41, 5.74) is 2.71. The monoisotopic (exact) mass is 407 g/mol. The lowest BCUT2D eigenvalue weighted by Crippen LogP contribution is -2.41. The topological polar surface area (TPSA) is 123 Å². The normalized spacial score (nSPS) is 10.8. The van der Waals surface area contributed by atoms with Gasteiger partial charge in [-0.15, -0.1) is 4.83 Å². The Morgan fingerprint density at radius 2 is 1.75 bits per heavy atom. The summed E-state index contributed by atoms with van der Waals surface area (Å²) in [5, 5.41) is 2.58. The average Bonchev–Trinajstić information content (AvgIpc) is 2.66.